The number of nitrogens with zero attached hydrogens (tertiary/aromatic N) is 3. The molecule has 1 unspecified atom stereocenters. The Labute approximate surface area is 135 Å². The van der Waals surface area contributed by atoms with Crippen LogP contribution in [0.3, 0.4) is 0 Å². The number of carbonyl (C=O) groups excluding carboxylic acids is 2. The van der Waals surface area contributed by atoms with Crippen LogP contribution in [0.1, 0.15) is 18.4 Å². The van der Waals surface area contributed by atoms with Crippen LogP contribution in [0.15, 0.2) is 24.3 Å². The minimum absolute atomic E-state index is 0.0433. The number of hydrogen-bond acceptors (Lipinski definition) is 2. The molecule has 1 aromatic rings. The standard InChI is InChI=1S/C17H22FN3O2/c1-19(2)16(23)21-9-7-17(12-21)6-8-20(15(17)22)11-13-4-3-5-14(18)10-13/h3-5,10H,6-9,11-12H2,1-2H3. The van der Waals surface area contributed by atoms with E-state index in [0.29, 0.717) is 32.6 Å². The van der Waals surface area contributed by atoms with Gasteiger partial charge in [0.25, 0.3) is 0 Å². The van der Waals surface area contributed by atoms with Gasteiger partial charge in [-0.3, -0.25) is 4.79 Å². The third-order valence-corrected chi connectivity index (χ3v) is 4.87. The normalized spacial score (nSPS) is 23.9. The molecule has 1 spiro atoms. The first-order chi connectivity index (χ1) is 10.9. The molecule has 3 rings (SSSR count). The van der Waals surface area contributed by atoms with Crippen LogP contribution in [-0.4, -0.2) is 60.4 Å². The molecule has 2 aliphatic rings. The molecule has 0 N–H and O–H groups in total. The first kappa shape index (κ1) is 15.8. The molecule has 0 saturated carbocycles. The van der Waals surface area contributed by atoms with Gasteiger partial charge in [-0.15, -0.1) is 0 Å². The minimum Gasteiger partial charge on any atom is -0.338 e. The fourth-order valence-corrected chi connectivity index (χ4v) is 3.60. The minimum atomic E-state index is -0.445. The van der Waals surface area contributed by atoms with Gasteiger partial charge in [0.2, 0.25) is 5.91 Å². The lowest BCUT2D eigenvalue weighted by atomic mass is 9.85. The molecule has 2 fully saturated rings. The molecule has 124 valence electrons. The van der Waals surface area contributed by atoms with Crippen molar-refractivity contribution in [2.75, 3.05) is 33.7 Å². The van der Waals surface area contributed by atoms with Crippen molar-refractivity contribution >= 4 is 11.9 Å². The lowest BCUT2D eigenvalue weighted by Gasteiger charge is -2.25. The third-order valence-electron chi connectivity index (χ3n) is 4.87. The van der Waals surface area contributed by atoms with E-state index < -0.39 is 5.41 Å². The molecule has 2 aliphatic heterocycles. The molecule has 0 radical (unpaired) electrons. The Morgan fingerprint density at radius 1 is 1.30 bits per heavy atom. The van der Waals surface area contributed by atoms with Crippen molar-refractivity contribution in [2.45, 2.75) is 19.4 Å². The fraction of sp³-hybridized carbons (Fsp3) is 0.529. The molecule has 0 aliphatic carbocycles. The third kappa shape index (κ3) is 2.90. The zero-order chi connectivity index (χ0) is 16.6. The predicted molar refractivity (Wildman–Crippen MR) is 84.1 cm³/mol. The number of amides is 3. The Hall–Kier alpha value is -2.11. The van der Waals surface area contributed by atoms with Crippen LogP contribution in [0.25, 0.3) is 0 Å². The second-order valence-corrected chi connectivity index (χ2v) is 6.74. The Morgan fingerprint density at radius 2 is 2.04 bits per heavy atom. The van der Waals surface area contributed by atoms with Crippen molar-refractivity contribution in [1.82, 2.24) is 14.7 Å². The van der Waals surface area contributed by atoms with Crippen LogP contribution >= 0.6 is 0 Å². The number of carbonyl (C=O) groups is 2. The van der Waals surface area contributed by atoms with E-state index in [1.54, 1.807) is 34.9 Å². The first-order valence-corrected chi connectivity index (χ1v) is 7.91. The highest BCUT2D eigenvalue weighted by atomic mass is 19.1. The van der Waals surface area contributed by atoms with E-state index in [1.807, 2.05) is 6.07 Å². The molecule has 6 heteroatoms. The van der Waals surface area contributed by atoms with Gasteiger partial charge in [0.15, 0.2) is 0 Å². The van der Waals surface area contributed by atoms with Crippen LogP contribution in [0.2, 0.25) is 0 Å². The lowest BCUT2D eigenvalue weighted by molar-refractivity contribution is -0.135. The highest BCUT2D eigenvalue weighted by Gasteiger charge is 2.51. The molecule has 0 bridgehead atoms. The molecule has 2 heterocycles. The molecule has 5 nitrogen and oxygen atoms in total. The summed E-state index contributed by atoms with van der Waals surface area (Å²) in [5.74, 6) is -0.191. The number of urea groups is 1. The summed E-state index contributed by atoms with van der Waals surface area (Å²) < 4.78 is 13.3. The van der Waals surface area contributed by atoms with E-state index in [1.165, 1.54) is 12.1 Å². The number of halogens is 1. The molecule has 1 atom stereocenters. The van der Waals surface area contributed by atoms with Gasteiger partial charge in [0, 0.05) is 40.3 Å². The van der Waals surface area contributed by atoms with Gasteiger partial charge >= 0.3 is 6.03 Å². The first-order valence-electron chi connectivity index (χ1n) is 7.91. The highest BCUT2D eigenvalue weighted by Crippen LogP contribution is 2.41. The van der Waals surface area contributed by atoms with E-state index in [4.69, 9.17) is 0 Å². The van der Waals surface area contributed by atoms with Crippen LogP contribution in [0.4, 0.5) is 9.18 Å². The quantitative estimate of drug-likeness (QED) is 0.836. The molecular formula is C17H22FN3O2. The number of hydrogen-bond donors (Lipinski definition) is 0. The maximum absolute atomic E-state index is 13.3. The summed E-state index contributed by atoms with van der Waals surface area (Å²) in [6.07, 6.45) is 1.48. The van der Waals surface area contributed by atoms with Gasteiger partial charge in [-0.05, 0) is 30.5 Å². The Kier molecular flexibility index (Phi) is 4.00. The second-order valence-electron chi connectivity index (χ2n) is 6.74. The summed E-state index contributed by atoms with van der Waals surface area (Å²) in [4.78, 5) is 30.0. The number of rotatable bonds is 2. The van der Waals surface area contributed by atoms with Crippen LogP contribution in [-0.2, 0) is 11.3 Å². The molecule has 0 aromatic heterocycles. The predicted octanol–water partition coefficient (Wildman–Crippen LogP) is 1.93. The summed E-state index contributed by atoms with van der Waals surface area (Å²) in [6.45, 7) is 2.21. The van der Waals surface area contributed by atoms with Crippen LogP contribution in [0.5, 0.6) is 0 Å². The van der Waals surface area contributed by atoms with E-state index >= 15 is 0 Å². The number of likely N-dealkylation sites (tertiary alicyclic amines) is 2. The SMILES string of the molecule is CN(C)C(=O)N1CCC2(CCN(Cc3cccc(F)c3)C2=O)C1. The summed E-state index contributed by atoms with van der Waals surface area (Å²) in [6, 6.07) is 6.32. The van der Waals surface area contributed by atoms with Gasteiger partial charge in [-0.1, -0.05) is 12.1 Å². The molecular weight excluding hydrogens is 297 g/mol. The average Bonchev–Trinajstić information content (AvgIpc) is 3.07. The zero-order valence-electron chi connectivity index (χ0n) is 13.6. The largest absolute Gasteiger partial charge is 0.338 e. The summed E-state index contributed by atoms with van der Waals surface area (Å²) in [5.41, 5.74) is 0.355. The number of benzene rings is 1. The van der Waals surface area contributed by atoms with Crippen molar-refractivity contribution in [2.24, 2.45) is 5.41 Å². The molecule has 3 amide bonds. The maximum atomic E-state index is 13.3. The van der Waals surface area contributed by atoms with E-state index in [2.05, 4.69) is 0 Å². The Bertz CT molecular complexity index is 634. The average molecular weight is 319 g/mol. The van der Waals surface area contributed by atoms with Gasteiger partial charge in [-0.25, -0.2) is 9.18 Å². The lowest BCUT2D eigenvalue weighted by Crippen LogP contribution is -2.41. The summed E-state index contributed by atoms with van der Waals surface area (Å²) in [5, 5.41) is 0. The van der Waals surface area contributed by atoms with Crippen molar-refractivity contribution in [1.29, 1.82) is 0 Å². The van der Waals surface area contributed by atoms with E-state index in [9.17, 15) is 14.0 Å². The fourth-order valence-electron chi connectivity index (χ4n) is 3.60. The Morgan fingerprint density at radius 3 is 2.74 bits per heavy atom. The smallest absolute Gasteiger partial charge is 0.319 e. The van der Waals surface area contributed by atoms with E-state index in [0.717, 1.165) is 12.0 Å². The zero-order valence-corrected chi connectivity index (χ0v) is 13.6. The summed E-state index contributed by atoms with van der Waals surface area (Å²) >= 11 is 0. The second kappa shape index (κ2) is 5.83. The Balaban J connectivity index is 1.68. The monoisotopic (exact) mass is 319 g/mol. The van der Waals surface area contributed by atoms with Crippen molar-refractivity contribution < 1.29 is 14.0 Å². The van der Waals surface area contributed by atoms with Crippen LogP contribution < -0.4 is 0 Å². The van der Waals surface area contributed by atoms with Crippen molar-refractivity contribution in [3.8, 4) is 0 Å². The maximum Gasteiger partial charge on any atom is 0.319 e. The van der Waals surface area contributed by atoms with Gasteiger partial charge in [0.1, 0.15) is 5.82 Å². The molecule has 23 heavy (non-hydrogen) atoms. The molecule has 1 aromatic carbocycles. The van der Waals surface area contributed by atoms with Crippen molar-refractivity contribution in [3.05, 3.63) is 35.6 Å². The summed E-state index contributed by atoms with van der Waals surface area (Å²) in [7, 11) is 3.44. The molecule has 2 saturated heterocycles. The van der Waals surface area contributed by atoms with Gasteiger partial charge in [-0.2, -0.15) is 0 Å². The van der Waals surface area contributed by atoms with Gasteiger partial charge < -0.3 is 14.7 Å². The highest BCUT2D eigenvalue weighted by molar-refractivity contribution is 5.87. The van der Waals surface area contributed by atoms with E-state index in [-0.39, 0.29) is 17.8 Å². The van der Waals surface area contributed by atoms with Crippen LogP contribution in [0, 0.1) is 11.2 Å². The van der Waals surface area contributed by atoms with Gasteiger partial charge in [0.05, 0.1) is 5.41 Å². The topological polar surface area (TPSA) is 43.9 Å². The van der Waals surface area contributed by atoms with Crippen molar-refractivity contribution in [3.63, 3.8) is 0 Å².